The number of amides is 3. The predicted octanol–water partition coefficient (Wildman–Crippen LogP) is 1.02. The molecule has 1 aromatic rings. The van der Waals surface area contributed by atoms with Crippen molar-refractivity contribution in [1.82, 2.24) is 15.5 Å². The summed E-state index contributed by atoms with van der Waals surface area (Å²) in [5, 5.41) is 27.0. The van der Waals surface area contributed by atoms with Crippen molar-refractivity contribution in [3.63, 3.8) is 0 Å². The molecule has 5 atom stereocenters. The summed E-state index contributed by atoms with van der Waals surface area (Å²) in [6.07, 6.45) is -3.69. The number of carbonyl (C=O) groups is 2. The molecule has 6 rings (SSSR count). The molecular formula is C20H20F3N3O4. The molecule has 0 radical (unpaired) electrons. The molecule has 2 heterocycles. The molecule has 7 nitrogen and oxygen atoms in total. The Morgan fingerprint density at radius 1 is 1.17 bits per heavy atom. The fourth-order valence-corrected chi connectivity index (χ4v) is 7.56. The van der Waals surface area contributed by atoms with E-state index in [9.17, 15) is 33.0 Å². The number of rotatable bonds is 1. The minimum absolute atomic E-state index is 0.00280. The maximum atomic E-state index is 13.2. The number of halogens is 3. The molecule has 4 fully saturated rings. The number of phenolic OH excluding ortho intramolecular Hbond substituents is 1. The Labute approximate surface area is 169 Å². The lowest BCUT2D eigenvalue weighted by Gasteiger charge is -2.63. The van der Waals surface area contributed by atoms with Gasteiger partial charge >= 0.3 is 12.2 Å². The van der Waals surface area contributed by atoms with Crippen molar-refractivity contribution >= 4 is 11.9 Å². The molecule has 4 N–H and O–H groups in total. The van der Waals surface area contributed by atoms with E-state index >= 15 is 0 Å². The Kier molecular flexibility index (Phi) is 3.03. The number of aromatic hydroxyl groups is 1. The largest absolute Gasteiger partial charge is 0.508 e. The molecule has 2 bridgehead atoms. The minimum atomic E-state index is -4.39. The zero-order valence-electron chi connectivity index (χ0n) is 15.8. The van der Waals surface area contributed by atoms with Crippen molar-refractivity contribution in [1.29, 1.82) is 0 Å². The number of imide groups is 1. The number of alkyl halides is 3. The van der Waals surface area contributed by atoms with Crippen LogP contribution in [0.15, 0.2) is 18.2 Å². The van der Waals surface area contributed by atoms with Gasteiger partial charge in [0.15, 0.2) is 0 Å². The average molecular weight is 423 g/mol. The van der Waals surface area contributed by atoms with Crippen LogP contribution in [0.5, 0.6) is 5.75 Å². The monoisotopic (exact) mass is 423 g/mol. The smallest absolute Gasteiger partial charge is 0.401 e. The lowest BCUT2D eigenvalue weighted by Crippen LogP contribution is -2.77. The van der Waals surface area contributed by atoms with Crippen LogP contribution in [0.2, 0.25) is 0 Å². The van der Waals surface area contributed by atoms with Crippen molar-refractivity contribution in [2.45, 2.75) is 59.9 Å². The van der Waals surface area contributed by atoms with Crippen molar-refractivity contribution < 1.29 is 33.0 Å². The minimum Gasteiger partial charge on any atom is -0.508 e. The molecule has 1 aromatic carbocycles. The van der Waals surface area contributed by atoms with Crippen LogP contribution in [0.25, 0.3) is 0 Å². The van der Waals surface area contributed by atoms with E-state index in [0.717, 1.165) is 5.56 Å². The third kappa shape index (κ3) is 1.86. The van der Waals surface area contributed by atoms with Crippen LogP contribution in [0.4, 0.5) is 18.0 Å². The van der Waals surface area contributed by atoms with Gasteiger partial charge in [0.05, 0.1) is 18.2 Å². The number of urea groups is 1. The highest BCUT2D eigenvalue weighted by Gasteiger charge is 2.83. The molecular weight excluding hydrogens is 403 g/mol. The molecule has 2 aliphatic heterocycles. The van der Waals surface area contributed by atoms with E-state index in [0.29, 0.717) is 12.0 Å². The van der Waals surface area contributed by atoms with Crippen LogP contribution in [-0.2, 0) is 15.6 Å². The van der Waals surface area contributed by atoms with Gasteiger partial charge in [-0.15, -0.1) is 0 Å². The van der Waals surface area contributed by atoms with Crippen molar-refractivity contribution in [3.05, 3.63) is 29.3 Å². The molecule has 2 saturated carbocycles. The summed E-state index contributed by atoms with van der Waals surface area (Å²) >= 11 is 0. The van der Waals surface area contributed by atoms with Gasteiger partial charge in [0.25, 0.3) is 5.91 Å². The first-order chi connectivity index (χ1) is 13.9. The van der Waals surface area contributed by atoms with Gasteiger partial charge in [0, 0.05) is 17.4 Å². The van der Waals surface area contributed by atoms with Crippen molar-refractivity contribution in [3.8, 4) is 5.75 Å². The van der Waals surface area contributed by atoms with E-state index in [2.05, 4.69) is 10.6 Å². The molecule has 3 amide bonds. The molecule has 160 valence electrons. The summed E-state index contributed by atoms with van der Waals surface area (Å²) in [4.78, 5) is 25.8. The zero-order valence-corrected chi connectivity index (χ0v) is 15.8. The molecule has 3 spiro atoms. The van der Waals surface area contributed by atoms with Crippen LogP contribution < -0.4 is 10.6 Å². The molecule has 5 aliphatic rings. The number of carbonyl (C=O) groups excluding carboxylic acids is 2. The second-order valence-electron chi connectivity index (χ2n) is 9.66. The lowest BCUT2D eigenvalue weighted by molar-refractivity contribution is -0.206. The molecule has 1 unspecified atom stereocenters. The SMILES string of the molecule is O=C1NC(=O)[C@@]2(CC[C@@]3(O)[C@@H]4N(CC(F)(F)F)CC45C[C@@]3(C2)c2cc(O)ccc25)N1. The fraction of sp³-hybridized carbons (Fsp3) is 0.600. The van der Waals surface area contributed by atoms with E-state index in [1.165, 1.54) is 11.0 Å². The summed E-state index contributed by atoms with van der Waals surface area (Å²) in [5.74, 6) is -0.477. The van der Waals surface area contributed by atoms with Gasteiger partial charge in [-0.2, -0.15) is 13.2 Å². The topological polar surface area (TPSA) is 102 Å². The van der Waals surface area contributed by atoms with Gasteiger partial charge in [0.1, 0.15) is 11.3 Å². The second-order valence-corrected chi connectivity index (χ2v) is 9.66. The third-order valence-corrected chi connectivity index (χ3v) is 8.26. The van der Waals surface area contributed by atoms with Gasteiger partial charge in [-0.3, -0.25) is 15.0 Å². The Balaban J connectivity index is 1.52. The number of nitrogens with one attached hydrogen (secondary N) is 2. The summed E-state index contributed by atoms with van der Waals surface area (Å²) in [7, 11) is 0. The Morgan fingerprint density at radius 3 is 2.60 bits per heavy atom. The first kappa shape index (κ1) is 18.4. The molecule has 30 heavy (non-hydrogen) atoms. The standard InChI is InChI=1S/C20H20F3N3O4/c21-20(22,23)9-26-8-16-6-17(12-5-10(27)1-2-11(12)16)7-18(14(28)24-15(29)25-18)3-4-19(17,30)13(16)26/h1-2,5,13,27,30H,3-4,6-9H2,(H2,24,25,28,29)/t13-,16?,17-,18+,19-/m1/s1. The molecule has 3 aliphatic carbocycles. The summed E-state index contributed by atoms with van der Waals surface area (Å²) in [5.41, 5.74) is -2.88. The van der Waals surface area contributed by atoms with E-state index in [-0.39, 0.29) is 31.6 Å². The van der Waals surface area contributed by atoms with Gasteiger partial charge in [-0.05, 0) is 48.9 Å². The van der Waals surface area contributed by atoms with Crippen molar-refractivity contribution in [2.24, 2.45) is 0 Å². The van der Waals surface area contributed by atoms with Gasteiger partial charge in [-0.1, -0.05) is 6.07 Å². The maximum Gasteiger partial charge on any atom is 0.401 e. The first-order valence-electron chi connectivity index (χ1n) is 9.96. The van der Waals surface area contributed by atoms with E-state index in [1.807, 2.05) is 0 Å². The number of fused-ring (bicyclic) bond motifs is 2. The summed E-state index contributed by atoms with van der Waals surface area (Å²) in [6, 6.07) is 3.47. The quantitative estimate of drug-likeness (QED) is 0.506. The highest BCUT2D eigenvalue weighted by molar-refractivity contribution is 6.07. The van der Waals surface area contributed by atoms with Crippen LogP contribution in [-0.4, -0.2) is 63.5 Å². The predicted molar refractivity (Wildman–Crippen MR) is 95.7 cm³/mol. The summed E-state index contributed by atoms with van der Waals surface area (Å²) in [6.45, 7) is -0.946. The van der Waals surface area contributed by atoms with Gasteiger partial charge < -0.3 is 15.5 Å². The van der Waals surface area contributed by atoms with E-state index < -0.39 is 52.7 Å². The number of hydrogen-bond acceptors (Lipinski definition) is 5. The summed E-state index contributed by atoms with van der Waals surface area (Å²) < 4.78 is 39.6. The van der Waals surface area contributed by atoms with Crippen LogP contribution in [0.3, 0.4) is 0 Å². The number of likely N-dealkylation sites (tertiary alicyclic amines) is 1. The fourth-order valence-electron chi connectivity index (χ4n) is 7.56. The van der Waals surface area contributed by atoms with Gasteiger partial charge in [-0.25, -0.2) is 4.79 Å². The normalized spacial score (nSPS) is 43.7. The number of hydrogen-bond donors (Lipinski definition) is 4. The zero-order chi connectivity index (χ0) is 21.3. The average Bonchev–Trinajstić information content (AvgIpc) is 3.10. The van der Waals surface area contributed by atoms with E-state index in [1.54, 1.807) is 12.1 Å². The Hall–Kier alpha value is -2.33. The first-order valence-corrected chi connectivity index (χ1v) is 9.96. The van der Waals surface area contributed by atoms with Gasteiger partial charge in [0.2, 0.25) is 0 Å². The highest BCUT2D eigenvalue weighted by atomic mass is 19.4. The highest BCUT2D eigenvalue weighted by Crippen LogP contribution is 2.75. The molecule has 2 saturated heterocycles. The molecule has 10 heteroatoms. The number of phenols is 1. The van der Waals surface area contributed by atoms with Crippen LogP contribution in [0.1, 0.15) is 36.8 Å². The third-order valence-electron chi connectivity index (χ3n) is 8.26. The van der Waals surface area contributed by atoms with Crippen LogP contribution in [0, 0.1) is 0 Å². The Morgan fingerprint density at radius 2 is 1.93 bits per heavy atom. The maximum absolute atomic E-state index is 13.2. The lowest BCUT2D eigenvalue weighted by atomic mass is 9.52. The molecule has 0 aromatic heterocycles. The van der Waals surface area contributed by atoms with Crippen molar-refractivity contribution in [2.75, 3.05) is 13.1 Å². The second kappa shape index (κ2) is 4.94. The van der Waals surface area contributed by atoms with E-state index in [4.69, 9.17) is 0 Å². The van der Waals surface area contributed by atoms with Crippen LogP contribution >= 0.6 is 0 Å². The number of aliphatic hydroxyl groups is 1. The Bertz CT molecular complexity index is 1030. The number of benzene rings is 1. The number of nitrogens with zero attached hydrogens (tertiary/aromatic N) is 1.